The number of nitriles is 1. The van der Waals surface area contributed by atoms with E-state index in [0.29, 0.717) is 23.1 Å². The van der Waals surface area contributed by atoms with E-state index >= 15 is 4.39 Å². The molecule has 2 nitrogen and oxygen atoms in total. The number of allylic oxidation sites excluding steroid dienone is 3. The Labute approximate surface area is 200 Å². The van der Waals surface area contributed by atoms with Gasteiger partial charge in [0.2, 0.25) is 0 Å². The van der Waals surface area contributed by atoms with Crippen LogP contribution in [0.5, 0.6) is 0 Å². The first kappa shape index (κ1) is 28.0. The molecule has 0 amide bonds. The summed E-state index contributed by atoms with van der Waals surface area (Å²) in [6, 6.07) is 14.7. The van der Waals surface area contributed by atoms with Gasteiger partial charge in [0.1, 0.15) is 5.82 Å². The van der Waals surface area contributed by atoms with Crippen LogP contribution in [0.2, 0.25) is 0 Å². The summed E-state index contributed by atoms with van der Waals surface area (Å²) in [7, 11) is 0. The molecule has 2 aromatic rings. The molecule has 0 aromatic heterocycles. The van der Waals surface area contributed by atoms with Crippen molar-refractivity contribution < 1.29 is 4.39 Å². The molecule has 0 atom stereocenters. The molecule has 0 fully saturated rings. The Morgan fingerprint density at radius 2 is 1.73 bits per heavy atom. The van der Waals surface area contributed by atoms with Crippen molar-refractivity contribution >= 4 is 5.71 Å². The summed E-state index contributed by atoms with van der Waals surface area (Å²) in [5.41, 5.74) is 6.63. The van der Waals surface area contributed by atoms with Crippen LogP contribution in [-0.2, 0) is 6.42 Å². The highest BCUT2D eigenvalue weighted by atomic mass is 19.1. The number of nitrogens with zero attached hydrogens (tertiary/aromatic N) is 2. The van der Waals surface area contributed by atoms with Crippen LogP contribution < -0.4 is 0 Å². The molecule has 0 unspecified atom stereocenters. The van der Waals surface area contributed by atoms with Crippen molar-refractivity contribution in [3.05, 3.63) is 82.8 Å². The summed E-state index contributed by atoms with van der Waals surface area (Å²) in [6.07, 6.45) is 5.58. The van der Waals surface area contributed by atoms with Crippen molar-refractivity contribution in [2.75, 3.05) is 0 Å². The molecule has 2 rings (SSSR count). The fourth-order valence-corrected chi connectivity index (χ4v) is 3.31. The summed E-state index contributed by atoms with van der Waals surface area (Å²) in [5, 5.41) is 9.34. The summed E-state index contributed by atoms with van der Waals surface area (Å²) in [6.45, 7) is 16.6. The molecule has 0 saturated heterocycles. The highest BCUT2D eigenvalue weighted by molar-refractivity contribution is 5.82. The van der Waals surface area contributed by atoms with E-state index < -0.39 is 0 Å². The first-order valence-corrected chi connectivity index (χ1v) is 12.0. The van der Waals surface area contributed by atoms with Gasteiger partial charge in [-0.3, -0.25) is 4.99 Å². The molecule has 0 spiro atoms. The van der Waals surface area contributed by atoms with E-state index in [4.69, 9.17) is 4.99 Å². The largest absolute Gasteiger partial charge is 0.262 e. The second-order valence-electron chi connectivity index (χ2n) is 8.36. The van der Waals surface area contributed by atoms with Crippen LogP contribution in [-0.4, -0.2) is 5.71 Å². The molecule has 0 saturated carbocycles. The predicted molar refractivity (Wildman–Crippen MR) is 141 cm³/mol. The quantitative estimate of drug-likeness (QED) is 0.279. The first-order valence-electron chi connectivity index (χ1n) is 12.0. The van der Waals surface area contributed by atoms with Crippen molar-refractivity contribution in [1.82, 2.24) is 0 Å². The summed E-state index contributed by atoms with van der Waals surface area (Å²) in [5.74, 6) is -0.273. The summed E-state index contributed by atoms with van der Waals surface area (Å²) < 4.78 is 15.1. The third-order valence-electron chi connectivity index (χ3n) is 5.25. The molecule has 0 aliphatic rings. The van der Waals surface area contributed by atoms with E-state index in [1.54, 1.807) is 6.07 Å². The average Bonchev–Trinajstić information content (AvgIpc) is 2.81. The van der Waals surface area contributed by atoms with Crippen LogP contribution >= 0.6 is 0 Å². The lowest BCUT2D eigenvalue weighted by Gasteiger charge is -2.15. The van der Waals surface area contributed by atoms with Gasteiger partial charge in [-0.2, -0.15) is 5.26 Å². The van der Waals surface area contributed by atoms with Crippen LogP contribution in [0, 0.1) is 17.1 Å². The molecule has 0 radical (unpaired) electrons. The Morgan fingerprint density at radius 1 is 1.06 bits per heavy atom. The SMILES string of the molecule is C=C(C)/C(Cc1ccc(-c2ccccc2C#N)cc1F)=C(/CCCC)N=C(C)CC.CCC. The van der Waals surface area contributed by atoms with Gasteiger partial charge in [0, 0.05) is 17.8 Å². The second-order valence-corrected chi connectivity index (χ2v) is 8.36. The minimum absolute atomic E-state index is 0.273. The number of halogens is 1. The number of benzene rings is 2. The van der Waals surface area contributed by atoms with Crippen LogP contribution in [0.25, 0.3) is 11.1 Å². The van der Waals surface area contributed by atoms with E-state index in [1.165, 1.54) is 12.5 Å². The zero-order valence-electron chi connectivity index (χ0n) is 21.3. The van der Waals surface area contributed by atoms with Gasteiger partial charge in [0.05, 0.1) is 11.6 Å². The number of unbranched alkanes of at least 4 members (excludes halogenated alkanes) is 1. The molecule has 0 N–H and O–H groups in total. The van der Waals surface area contributed by atoms with Crippen molar-refractivity contribution in [3.8, 4) is 17.2 Å². The van der Waals surface area contributed by atoms with E-state index in [-0.39, 0.29) is 5.82 Å². The van der Waals surface area contributed by atoms with Crippen LogP contribution in [0.1, 0.15) is 84.8 Å². The van der Waals surface area contributed by atoms with Crippen molar-refractivity contribution in [1.29, 1.82) is 5.26 Å². The maximum absolute atomic E-state index is 15.1. The van der Waals surface area contributed by atoms with Crippen LogP contribution in [0.4, 0.5) is 4.39 Å². The Morgan fingerprint density at radius 3 is 2.27 bits per heavy atom. The average molecular weight is 447 g/mol. The first-order chi connectivity index (χ1) is 15.8. The monoisotopic (exact) mass is 446 g/mol. The Hall–Kier alpha value is -2.99. The third-order valence-corrected chi connectivity index (χ3v) is 5.25. The Bertz CT molecular complexity index is 1020. The zero-order valence-corrected chi connectivity index (χ0v) is 21.3. The Kier molecular flexibility index (Phi) is 12.7. The van der Waals surface area contributed by atoms with Gasteiger partial charge >= 0.3 is 0 Å². The van der Waals surface area contributed by atoms with Gasteiger partial charge in [0.15, 0.2) is 0 Å². The van der Waals surface area contributed by atoms with Crippen molar-refractivity contribution in [2.45, 2.75) is 80.1 Å². The minimum Gasteiger partial charge on any atom is -0.262 e. The van der Waals surface area contributed by atoms with Gasteiger partial charge in [-0.25, -0.2) is 4.39 Å². The number of hydrogen-bond acceptors (Lipinski definition) is 2. The number of hydrogen-bond donors (Lipinski definition) is 0. The fourth-order valence-electron chi connectivity index (χ4n) is 3.31. The molecule has 0 heterocycles. The minimum atomic E-state index is -0.273. The molecule has 0 aliphatic carbocycles. The maximum atomic E-state index is 15.1. The van der Waals surface area contributed by atoms with E-state index in [9.17, 15) is 5.26 Å². The lowest BCUT2D eigenvalue weighted by Crippen LogP contribution is -2.02. The molecule has 2 aromatic carbocycles. The topological polar surface area (TPSA) is 36.1 Å². The molecular formula is C30H39FN2. The van der Waals surface area contributed by atoms with Gasteiger partial charge in [-0.15, -0.1) is 0 Å². The van der Waals surface area contributed by atoms with Gasteiger partial charge in [-0.05, 0) is 67.5 Å². The third kappa shape index (κ3) is 8.81. The summed E-state index contributed by atoms with van der Waals surface area (Å²) >= 11 is 0. The van der Waals surface area contributed by atoms with Crippen LogP contribution in [0.15, 0.2) is 70.9 Å². The summed E-state index contributed by atoms with van der Waals surface area (Å²) in [4.78, 5) is 4.84. The highest BCUT2D eigenvalue weighted by Crippen LogP contribution is 2.29. The molecular weight excluding hydrogens is 407 g/mol. The lowest BCUT2D eigenvalue weighted by molar-refractivity contribution is 0.613. The van der Waals surface area contributed by atoms with Gasteiger partial charge < -0.3 is 0 Å². The molecule has 33 heavy (non-hydrogen) atoms. The predicted octanol–water partition coefficient (Wildman–Crippen LogP) is 9.21. The zero-order chi connectivity index (χ0) is 24.8. The smallest absolute Gasteiger partial charge is 0.127 e. The lowest BCUT2D eigenvalue weighted by atomic mass is 9.93. The van der Waals surface area contributed by atoms with E-state index in [0.717, 1.165) is 53.8 Å². The number of rotatable bonds is 9. The van der Waals surface area contributed by atoms with Gasteiger partial charge in [0.25, 0.3) is 0 Å². The molecule has 3 heteroatoms. The van der Waals surface area contributed by atoms with E-state index in [1.807, 2.05) is 44.2 Å². The standard InChI is InChI=1S/C27H31FN2.C3H8/c1-6-8-13-27(30-20(5)7-2)25(19(3)4)16-22-15-14-21(17-26(22)28)24-12-10-9-11-23(24)18-29;1-3-2/h9-12,14-15,17H,3,6-8,13,16H2,1-2,4-5H3;3H2,1-2H3/b27-25-,30-20?;. The normalized spacial score (nSPS) is 11.8. The molecule has 176 valence electrons. The number of aliphatic imine (C=N–C) groups is 1. The molecule has 0 bridgehead atoms. The second kappa shape index (κ2) is 15.0. The van der Waals surface area contributed by atoms with Crippen LogP contribution in [0.3, 0.4) is 0 Å². The van der Waals surface area contributed by atoms with E-state index in [2.05, 4.69) is 40.3 Å². The van der Waals surface area contributed by atoms with Crippen molar-refractivity contribution in [3.63, 3.8) is 0 Å². The van der Waals surface area contributed by atoms with Crippen molar-refractivity contribution in [2.24, 2.45) is 4.99 Å². The van der Waals surface area contributed by atoms with Gasteiger partial charge in [-0.1, -0.05) is 83.0 Å². The molecule has 0 aliphatic heterocycles. The fraction of sp³-hybridized carbons (Fsp3) is 0.400. The maximum Gasteiger partial charge on any atom is 0.127 e. The highest BCUT2D eigenvalue weighted by Gasteiger charge is 2.14. The Balaban J connectivity index is 0.00000172.